The summed E-state index contributed by atoms with van der Waals surface area (Å²) >= 11 is 0. The van der Waals surface area contributed by atoms with E-state index in [1.165, 1.54) is 36.8 Å². The van der Waals surface area contributed by atoms with Crippen LogP contribution in [0.15, 0.2) is 24.3 Å². The first kappa shape index (κ1) is 13.6. The van der Waals surface area contributed by atoms with E-state index >= 15 is 0 Å². The van der Waals surface area contributed by atoms with E-state index in [2.05, 4.69) is 43.1 Å². The molecule has 0 saturated heterocycles. The molecule has 2 nitrogen and oxygen atoms in total. The largest absolute Gasteiger partial charge is 0.396 e. The first-order chi connectivity index (χ1) is 8.63. The second-order valence-electron chi connectivity index (χ2n) is 6.03. The lowest BCUT2D eigenvalue weighted by Crippen LogP contribution is -2.36. The van der Waals surface area contributed by atoms with Gasteiger partial charge in [-0.3, -0.25) is 0 Å². The molecule has 1 saturated carbocycles. The van der Waals surface area contributed by atoms with Crippen LogP contribution in [0.4, 0.5) is 0 Å². The van der Waals surface area contributed by atoms with Gasteiger partial charge in [0.25, 0.3) is 0 Å². The third-order valence-electron chi connectivity index (χ3n) is 4.14. The van der Waals surface area contributed by atoms with Gasteiger partial charge in [-0.15, -0.1) is 0 Å². The van der Waals surface area contributed by atoms with Gasteiger partial charge in [-0.1, -0.05) is 42.7 Å². The van der Waals surface area contributed by atoms with Crippen LogP contribution in [0.1, 0.15) is 36.8 Å². The summed E-state index contributed by atoms with van der Waals surface area (Å²) in [6.07, 6.45) is 4.92. The molecule has 1 aromatic rings. The minimum absolute atomic E-state index is 0.165. The zero-order chi connectivity index (χ0) is 13.0. The third kappa shape index (κ3) is 3.33. The van der Waals surface area contributed by atoms with Crippen LogP contribution in [0.25, 0.3) is 0 Å². The SMILES string of the molecule is Cc1cccc(CN(C)CC2(CO)CCCC2)c1. The number of benzene rings is 1. The molecule has 1 aliphatic rings. The van der Waals surface area contributed by atoms with Crippen molar-refractivity contribution in [2.45, 2.75) is 39.2 Å². The highest BCUT2D eigenvalue weighted by atomic mass is 16.3. The number of hydrogen-bond donors (Lipinski definition) is 1. The smallest absolute Gasteiger partial charge is 0.0499 e. The standard InChI is InChI=1S/C16H25NO/c1-14-6-5-7-15(10-14)11-17(2)12-16(13-18)8-3-4-9-16/h5-7,10,18H,3-4,8-9,11-13H2,1-2H3. The molecule has 0 atom stereocenters. The number of aliphatic hydroxyl groups is 1. The number of nitrogens with zero attached hydrogens (tertiary/aromatic N) is 1. The quantitative estimate of drug-likeness (QED) is 0.864. The molecule has 2 rings (SSSR count). The van der Waals surface area contributed by atoms with Gasteiger partial charge in [0.05, 0.1) is 0 Å². The van der Waals surface area contributed by atoms with Crippen molar-refractivity contribution < 1.29 is 5.11 Å². The van der Waals surface area contributed by atoms with Gasteiger partial charge in [0.1, 0.15) is 0 Å². The Morgan fingerprint density at radius 2 is 2.00 bits per heavy atom. The van der Waals surface area contributed by atoms with Crippen LogP contribution in [0.5, 0.6) is 0 Å². The average molecular weight is 247 g/mol. The molecule has 18 heavy (non-hydrogen) atoms. The molecule has 0 unspecified atom stereocenters. The summed E-state index contributed by atoms with van der Waals surface area (Å²) < 4.78 is 0. The Bertz CT molecular complexity index is 382. The van der Waals surface area contributed by atoms with E-state index in [1.807, 2.05) is 0 Å². The lowest BCUT2D eigenvalue weighted by Gasteiger charge is -2.31. The Morgan fingerprint density at radius 3 is 2.61 bits per heavy atom. The fourth-order valence-electron chi connectivity index (χ4n) is 3.24. The Labute approximate surface area is 111 Å². The van der Waals surface area contributed by atoms with E-state index in [1.54, 1.807) is 0 Å². The number of rotatable bonds is 5. The molecule has 2 heteroatoms. The fourth-order valence-corrected chi connectivity index (χ4v) is 3.24. The first-order valence-electron chi connectivity index (χ1n) is 6.99. The highest BCUT2D eigenvalue weighted by Crippen LogP contribution is 2.38. The van der Waals surface area contributed by atoms with Gasteiger partial charge in [0.2, 0.25) is 0 Å². The van der Waals surface area contributed by atoms with Crippen LogP contribution >= 0.6 is 0 Å². The second kappa shape index (κ2) is 5.85. The Hall–Kier alpha value is -0.860. The Kier molecular flexibility index (Phi) is 4.41. The average Bonchev–Trinajstić information content (AvgIpc) is 2.78. The number of hydrogen-bond acceptors (Lipinski definition) is 2. The van der Waals surface area contributed by atoms with Crippen LogP contribution in [0.3, 0.4) is 0 Å². The van der Waals surface area contributed by atoms with Crippen LogP contribution in [-0.2, 0) is 6.54 Å². The molecule has 0 aliphatic heterocycles. The van der Waals surface area contributed by atoms with Crippen molar-refractivity contribution in [2.24, 2.45) is 5.41 Å². The molecule has 1 aliphatic carbocycles. The molecular formula is C16H25NO. The zero-order valence-corrected chi connectivity index (χ0v) is 11.7. The number of aliphatic hydroxyl groups excluding tert-OH is 1. The third-order valence-corrected chi connectivity index (χ3v) is 4.14. The van der Waals surface area contributed by atoms with Gasteiger partial charge >= 0.3 is 0 Å². The van der Waals surface area contributed by atoms with E-state index in [0.717, 1.165) is 13.1 Å². The van der Waals surface area contributed by atoms with Gasteiger partial charge in [-0.05, 0) is 32.4 Å². The molecule has 0 spiro atoms. The summed E-state index contributed by atoms with van der Waals surface area (Å²) in [5.41, 5.74) is 2.85. The topological polar surface area (TPSA) is 23.5 Å². The zero-order valence-electron chi connectivity index (χ0n) is 11.7. The van der Waals surface area contributed by atoms with Crippen LogP contribution in [0, 0.1) is 12.3 Å². The van der Waals surface area contributed by atoms with E-state index < -0.39 is 0 Å². The lowest BCUT2D eigenvalue weighted by molar-refractivity contribution is 0.0864. The molecule has 100 valence electrons. The predicted molar refractivity (Wildman–Crippen MR) is 75.5 cm³/mol. The van der Waals surface area contributed by atoms with Crippen LogP contribution in [-0.4, -0.2) is 30.2 Å². The molecule has 0 bridgehead atoms. The highest BCUT2D eigenvalue weighted by Gasteiger charge is 2.34. The number of aryl methyl sites for hydroxylation is 1. The van der Waals surface area contributed by atoms with Crippen LogP contribution < -0.4 is 0 Å². The van der Waals surface area contributed by atoms with Crippen LogP contribution in [0.2, 0.25) is 0 Å². The van der Waals surface area contributed by atoms with E-state index in [4.69, 9.17) is 0 Å². The van der Waals surface area contributed by atoms with Crippen molar-refractivity contribution in [3.05, 3.63) is 35.4 Å². The molecule has 1 fully saturated rings. The lowest BCUT2D eigenvalue weighted by atomic mass is 9.86. The molecule has 0 aromatic heterocycles. The van der Waals surface area contributed by atoms with Gasteiger partial charge < -0.3 is 10.0 Å². The van der Waals surface area contributed by atoms with Crippen molar-refractivity contribution in [1.82, 2.24) is 4.90 Å². The Balaban J connectivity index is 1.93. The summed E-state index contributed by atoms with van der Waals surface area (Å²) in [5.74, 6) is 0. The molecule has 0 heterocycles. The van der Waals surface area contributed by atoms with Crippen molar-refractivity contribution in [2.75, 3.05) is 20.2 Å². The van der Waals surface area contributed by atoms with Crippen molar-refractivity contribution in [3.63, 3.8) is 0 Å². The van der Waals surface area contributed by atoms with Gasteiger partial charge in [0, 0.05) is 25.1 Å². The fraction of sp³-hybridized carbons (Fsp3) is 0.625. The van der Waals surface area contributed by atoms with Crippen molar-refractivity contribution in [1.29, 1.82) is 0 Å². The summed E-state index contributed by atoms with van der Waals surface area (Å²) in [6, 6.07) is 8.69. The maximum absolute atomic E-state index is 9.65. The van der Waals surface area contributed by atoms with E-state index in [-0.39, 0.29) is 5.41 Å². The monoisotopic (exact) mass is 247 g/mol. The summed E-state index contributed by atoms with van der Waals surface area (Å²) in [7, 11) is 2.16. The normalized spacial score (nSPS) is 18.4. The van der Waals surface area contributed by atoms with Crippen molar-refractivity contribution in [3.8, 4) is 0 Å². The van der Waals surface area contributed by atoms with E-state index in [9.17, 15) is 5.11 Å². The van der Waals surface area contributed by atoms with E-state index in [0.29, 0.717) is 6.61 Å². The molecule has 1 aromatic carbocycles. The minimum Gasteiger partial charge on any atom is -0.396 e. The minimum atomic E-state index is 0.165. The van der Waals surface area contributed by atoms with Gasteiger partial charge in [0.15, 0.2) is 0 Å². The highest BCUT2D eigenvalue weighted by molar-refractivity contribution is 5.22. The maximum Gasteiger partial charge on any atom is 0.0499 e. The van der Waals surface area contributed by atoms with Gasteiger partial charge in [-0.25, -0.2) is 0 Å². The second-order valence-corrected chi connectivity index (χ2v) is 6.03. The van der Waals surface area contributed by atoms with Gasteiger partial charge in [-0.2, -0.15) is 0 Å². The maximum atomic E-state index is 9.65. The molecule has 0 amide bonds. The first-order valence-corrected chi connectivity index (χ1v) is 6.99. The molecule has 0 radical (unpaired) electrons. The molecule has 1 N–H and O–H groups in total. The molecular weight excluding hydrogens is 222 g/mol. The Morgan fingerprint density at radius 1 is 1.28 bits per heavy atom. The summed E-state index contributed by atoms with van der Waals surface area (Å²) in [5, 5.41) is 9.65. The summed E-state index contributed by atoms with van der Waals surface area (Å²) in [4.78, 5) is 2.36. The van der Waals surface area contributed by atoms with Crippen molar-refractivity contribution >= 4 is 0 Å². The predicted octanol–water partition coefficient (Wildman–Crippen LogP) is 2.98. The summed E-state index contributed by atoms with van der Waals surface area (Å²) in [6.45, 7) is 4.46.